The number of ether oxygens (including phenoxy) is 1. The molecule has 0 aliphatic carbocycles. The molecular formula is C54H41ClF9N3O2. The summed E-state index contributed by atoms with van der Waals surface area (Å²) in [6, 6.07) is 38.2. The van der Waals surface area contributed by atoms with Crippen LogP contribution in [0.5, 0.6) is 5.75 Å². The molecule has 0 fully saturated rings. The van der Waals surface area contributed by atoms with E-state index in [-0.39, 0.29) is 46.3 Å². The zero-order valence-corrected chi connectivity index (χ0v) is 38.0. The van der Waals surface area contributed by atoms with Crippen molar-refractivity contribution in [2.75, 3.05) is 7.11 Å². The maximum atomic E-state index is 13.3. The van der Waals surface area contributed by atoms with E-state index in [0.717, 1.165) is 51.0 Å². The van der Waals surface area contributed by atoms with Crippen molar-refractivity contribution in [2.24, 2.45) is 0 Å². The van der Waals surface area contributed by atoms with Crippen molar-refractivity contribution in [1.82, 2.24) is 15.0 Å². The molecule has 0 aliphatic heterocycles. The summed E-state index contributed by atoms with van der Waals surface area (Å²) in [4.78, 5) is 13.4. The molecule has 0 spiro atoms. The molecule has 5 nitrogen and oxygen atoms in total. The van der Waals surface area contributed by atoms with E-state index >= 15 is 0 Å². The lowest BCUT2D eigenvalue weighted by Crippen LogP contribution is -2.08. The Morgan fingerprint density at radius 3 is 1.14 bits per heavy atom. The third kappa shape index (κ3) is 10.8. The Balaban J connectivity index is 0.000000153. The second-order valence-electron chi connectivity index (χ2n) is 15.9. The first-order valence-corrected chi connectivity index (χ1v) is 21.7. The Morgan fingerprint density at radius 1 is 0.449 bits per heavy atom. The van der Waals surface area contributed by atoms with E-state index in [1.54, 1.807) is 24.3 Å². The SMILES string of the molecule is COc1cc2cccc(C)c2nc1-c1ccccc1C(F)(F)F.Cc1cccc2cc(CCl)c(-c3ccccc3C(F)(F)F)nc12.Cc1cccc2cc(CO)c(-c3ccccc3C(F)(F)F)nc12. The predicted octanol–water partition coefficient (Wildman–Crippen LogP) is 15.9. The first-order valence-electron chi connectivity index (χ1n) is 21.1. The number of pyridine rings is 3. The summed E-state index contributed by atoms with van der Waals surface area (Å²) in [7, 11) is 1.43. The highest BCUT2D eigenvalue weighted by atomic mass is 35.5. The summed E-state index contributed by atoms with van der Waals surface area (Å²) in [6.45, 7) is 5.24. The molecule has 9 rings (SSSR count). The molecule has 0 amide bonds. The fourth-order valence-electron chi connectivity index (χ4n) is 7.96. The standard InChI is InChI=1S/C18H13ClF3N.2C18H14F3NO/c1-11-5-4-6-12-9-13(10-19)17(23-16(11)12)14-7-2-3-8-15(14)18(20,21)22;1-11-6-5-7-12-10-15(23-2)17(22-16(11)12)13-8-3-4-9-14(13)18(19,20)21;1-11-5-4-6-12-9-13(10-23)17(22-16(11)12)14-7-2-3-8-15(14)18(19,20)21/h2-9H,10H2,1H3;3-10H,1-2H3;2-9,23H,10H2,1H3. The third-order valence-corrected chi connectivity index (χ3v) is 11.6. The highest BCUT2D eigenvalue weighted by molar-refractivity contribution is 6.17. The van der Waals surface area contributed by atoms with Crippen molar-refractivity contribution >= 4 is 44.3 Å². The van der Waals surface area contributed by atoms with Gasteiger partial charge in [0.2, 0.25) is 0 Å². The first-order chi connectivity index (χ1) is 32.7. The molecule has 0 aliphatic rings. The van der Waals surface area contributed by atoms with Gasteiger partial charge >= 0.3 is 18.5 Å². The molecule has 3 heterocycles. The van der Waals surface area contributed by atoms with Crippen LogP contribution in [0.2, 0.25) is 0 Å². The van der Waals surface area contributed by atoms with Gasteiger partial charge in [0.15, 0.2) is 0 Å². The van der Waals surface area contributed by atoms with Crippen LogP contribution < -0.4 is 4.74 Å². The van der Waals surface area contributed by atoms with Gasteiger partial charge in [0.25, 0.3) is 0 Å². The van der Waals surface area contributed by atoms with Crippen molar-refractivity contribution in [3.8, 4) is 39.5 Å². The van der Waals surface area contributed by atoms with Crippen molar-refractivity contribution in [1.29, 1.82) is 0 Å². The number of rotatable bonds is 6. The number of methoxy groups -OCH3 is 1. The van der Waals surface area contributed by atoms with Crippen molar-refractivity contribution < 1.29 is 49.4 Å². The van der Waals surface area contributed by atoms with Gasteiger partial charge in [-0.05, 0) is 79.4 Å². The van der Waals surface area contributed by atoms with Crippen LogP contribution in [0.4, 0.5) is 39.5 Å². The Kier molecular flexibility index (Phi) is 14.7. The van der Waals surface area contributed by atoms with Gasteiger partial charge in [-0.1, -0.05) is 109 Å². The number of fused-ring (bicyclic) bond motifs is 3. The lowest BCUT2D eigenvalue weighted by Gasteiger charge is -2.15. The largest absolute Gasteiger partial charge is 0.494 e. The highest BCUT2D eigenvalue weighted by Gasteiger charge is 2.36. The smallest absolute Gasteiger partial charge is 0.417 e. The van der Waals surface area contributed by atoms with E-state index < -0.39 is 35.2 Å². The zero-order valence-electron chi connectivity index (χ0n) is 37.2. The molecule has 69 heavy (non-hydrogen) atoms. The molecule has 354 valence electrons. The number of aromatic nitrogens is 3. The monoisotopic (exact) mass is 969 g/mol. The first kappa shape index (κ1) is 49.9. The fraction of sp³-hybridized carbons (Fsp3) is 0.167. The van der Waals surface area contributed by atoms with Gasteiger partial charge in [-0.25, -0.2) is 15.0 Å². The van der Waals surface area contributed by atoms with Crippen LogP contribution >= 0.6 is 11.6 Å². The molecule has 9 aromatic rings. The molecule has 15 heteroatoms. The van der Waals surface area contributed by atoms with Crippen LogP contribution in [0.15, 0.2) is 146 Å². The number of benzene rings is 6. The van der Waals surface area contributed by atoms with E-state index in [2.05, 4.69) is 15.0 Å². The molecule has 0 saturated carbocycles. The lowest BCUT2D eigenvalue weighted by atomic mass is 9.98. The molecule has 6 aromatic carbocycles. The van der Waals surface area contributed by atoms with E-state index in [1.807, 2.05) is 81.4 Å². The van der Waals surface area contributed by atoms with Crippen molar-refractivity contribution in [2.45, 2.75) is 51.8 Å². The number of para-hydroxylation sites is 3. The Hall–Kier alpha value is -7.03. The number of alkyl halides is 10. The van der Waals surface area contributed by atoms with Crippen LogP contribution in [0.25, 0.3) is 66.5 Å². The number of aliphatic hydroxyl groups excluding tert-OH is 1. The molecular weight excluding hydrogens is 929 g/mol. The Labute approximate surface area is 395 Å². The summed E-state index contributed by atoms with van der Waals surface area (Å²) in [5.74, 6) is 0.415. The van der Waals surface area contributed by atoms with Crippen LogP contribution in [0.1, 0.15) is 44.5 Å². The molecule has 0 radical (unpaired) electrons. The van der Waals surface area contributed by atoms with Crippen LogP contribution in [-0.4, -0.2) is 27.2 Å². The number of hydrogen-bond donors (Lipinski definition) is 1. The number of nitrogens with zero attached hydrogens (tertiary/aromatic N) is 3. The highest BCUT2D eigenvalue weighted by Crippen LogP contribution is 2.42. The normalized spacial score (nSPS) is 11.8. The molecule has 0 bridgehead atoms. The van der Waals surface area contributed by atoms with Crippen LogP contribution in [0.3, 0.4) is 0 Å². The van der Waals surface area contributed by atoms with E-state index in [4.69, 9.17) is 16.3 Å². The maximum Gasteiger partial charge on any atom is 0.417 e. The minimum Gasteiger partial charge on any atom is -0.494 e. The average Bonchev–Trinajstić information content (AvgIpc) is 3.33. The summed E-state index contributed by atoms with van der Waals surface area (Å²) in [5.41, 5.74) is 4.16. The van der Waals surface area contributed by atoms with Crippen molar-refractivity contribution in [3.63, 3.8) is 0 Å². The number of aliphatic hydroxyl groups is 1. The maximum absolute atomic E-state index is 13.3. The average molecular weight is 970 g/mol. The molecule has 1 N–H and O–H groups in total. The second kappa shape index (κ2) is 20.3. The second-order valence-corrected chi connectivity index (χ2v) is 16.2. The topological polar surface area (TPSA) is 68.1 Å². The van der Waals surface area contributed by atoms with E-state index in [0.29, 0.717) is 33.4 Å². The summed E-state index contributed by atoms with van der Waals surface area (Å²) in [6.07, 6.45) is -13.4. The zero-order chi connectivity index (χ0) is 49.8. The van der Waals surface area contributed by atoms with Crippen LogP contribution in [-0.2, 0) is 31.0 Å². The minimum absolute atomic E-state index is 0.0157. The molecule has 0 unspecified atom stereocenters. The summed E-state index contributed by atoms with van der Waals surface area (Å²) < 4.78 is 125. The number of aryl methyl sites for hydroxylation is 3. The summed E-state index contributed by atoms with van der Waals surface area (Å²) in [5, 5.41) is 12.1. The number of hydrogen-bond acceptors (Lipinski definition) is 5. The quantitative estimate of drug-likeness (QED) is 0.133. The fourth-order valence-corrected chi connectivity index (χ4v) is 8.16. The van der Waals surface area contributed by atoms with Crippen molar-refractivity contribution in [3.05, 3.63) is 190 Å². The number of halogens is 10. The van der Waals surface area contributed by atoms with Gasteiger partial charge in [-0.2, -0.15) is 39.5 Å². The lowest BCUT2D eigenvalue weighted by molar-refractivity contribution is -0.137. The minimum atomic E-state index is -4.48. The molecule has 0 saturated heterocycles. The van der Waals surface area contributed by atoms with E-state index in [9.17, 15) is 44.6 Å². The Bertz CT molecular complexity index is 2970. The van der Waals surface area contributed by atoms with Gasteiger partial charge < -0.3 is 9.84 Å². The summed E-state index contributed by atoms with van der Waals surface area (Å²) >= 11 is 5.97. The van der Waals surface area contributed by atoms with Gasteiger partial charge in [0.05, 0.1) is 58.3 Å². The van der Waals surface area contributed by atoms with Gasteiger partial charge in [0, 0.05) is 44.3 Å². The van der Waals surface area contributed by atoms with Gasteiger partial charge in [0.1, 0.15) is 11.4 Å². The van der Waals surface area contributed by atoms with Gasteiger partial charge in [-0.3, -0.25) is 0 Å². The van der Waals surface area contributed by atoms with Crippen LogP contribution in [0, 0.1) is 20.8 Å². The van der Waals surface area contributed by atoms with E-state index in [1.165, 1.54) is 49.6 Å². The molecule has 3 aromatic heterocycles. The third-order valence-electron chi connectivity index (χ3n) is 11.3. The molecule has 0 atom stereocenters. The Morgan fingerprint density at radius 2 is 0.783 bits per heavy atom. The predicted molar refractivity (Wildman–Crippen MR) is 253 cm³/mol. The van der Waals surface area contributed by atoms with Gasteiger partial charge in [-0.15, -0.1) is 11.6 Å².